The highest BCUT2D eigenvalue weighted by Gasteiger charge is 2.23. The molecule has 1 aliphatic rings. The Bertz CT molecular complexity index is 1070. The lowest BCUT2D eigenvalue weighted by atomic mass is 9.99. The van der Waals surface area contributed by atoms with Crippen molar-refractivity contribution >= 4 is 35.3 Å². The van der Waals surface area contributed by atoms with Crippen LogP contribution in [-0.4, -0.2) is 29.5 Å². The number of fused-ring (bicyclic) bond motifs is 1. The smallest absolute Gasteiger partial charge is 0.289 e. The van der Waals surface area contributed by atoms with Crippen LogP contribution in [0, 0.1) is 0 Å². The summed E-state index contributed by atoms with van der Waals surface area (Å²) in [6, 6.07) is 17.3. The number of nitrogens with zero attached hydrogens (tertiary/aromatic N) is 1. The lowest BCUT2D eigenvalue weighted by molar-refractivity contribution is -0.111. The van der Waals surface area contributed by atoms with E-state index >= 15 is 0 Å². The van der Waals surface area contributed by atoms with Crippen molar-refractivity contribution in [2.45, 2.75) is 17.9 Å². The molecule has 1 N–H and O–H groups in total. The highest BCUT2D eigenvalue weighted by molar-refractivity contribution is 7.98. The lowest BCUT2D eigenvalue weighted by Gasteiger charge is -2.28. The summed E-state index contributed by atoms with van der Waals surface area (Å²) in [4.78, 5) is 27.8. The summed E-state index contributed by atoms with van der Waals surface area (Å²) in [5.41, 5.74) is 3.92. The van der Waals surface area contributed by atoms with Crippen molar-refractivity contribution in [1.29, 1.82) is 0 Å². The molecule has 5 nitrogen and oxygen atoms in total. The van der Waals surface area contributed by atoms with E-state index in [0.717, 1.165) is 17.5 Å². The van der Waals surface area contributed by atoms with E-state index in [1.54, 1.807) is 34.9 Å². The Hall–Kier alpha value is -3.25. The Kier molecular flexibility index (Phi) is 6.05. The summed E-state index contributed by atoms with van der Waals surface area (Å²) in [5, 5.41) is 2.90. The fraction of sp³-hybridized carbons (Fsp3) is 0.167. The van der Waals surface area contributed by atoms with Crippen molar-refractivity contribution in [3.05, 3.63) is 89.4 Å². The van der Waals surface area contributed by atoms with Gasteiger partial charge in [-0.1, -0.05) is 18.2 Å². The molecule has 0 saturated heterocycles. The topological polar surface area (TPSA) is 62.6 Å². The van der Waals surface area contributed by atoms with Crippen LogP contribution >= 0.6 is 11.8 Å². The second-order valence-electron chi connectivity index (χ2n) is 7.03. The van der Waals surface area contributed by atoms with Gasteiger partial charge in [-0.3, -0.25) is 9.59 Å². The number of hydrogen-bond acceptors (Lipinski definition) is 4. The van der Waals surface area contributed by atoms with E-state index in [2.05, 4.69) is 5.32 Å². The highest BCUT2D eigenvalue weighted by Crippen LogP contribution is 2.24. The van der Waals surface area contributed by atoms with E-state index in [-0.39, 0.29) is 11.8 Å². The molecule has 2 aromatic carbocycles. The summed E-state index contributed by atoms with van der Waals surface area (Å²) < 4.78 is 5.23. The minimum Gasteiger partial charge on any atom is -0.459 e. The molecule has 0 saturated carbocycles. The number of benzene rings is 2. The van der Waals surface area contributed by atoms with Crippen LogP contribution in [0.25, 0.3) is 6.08 Å². The standard InChI is InChI=1S/C24H22N2O3S/c1-30-21-9-4-17(5-10-21)6-11-23(27)25-20-8-7-18-12-13-26(16-19(18)15-20)24(28)22-3-2-14-29-22/h2-11,14-15H,12-13,16H2,1H3,(H,25,27). The van der Waals surface area contributed by atoms with Crippen molar-refractivity contribution in [3.63, 3.8) is 0 Å². The first kappa shape index (κ1) is 20.0. The van der Waals surface area contributed by atoms with Gasteiger partial charge in [-0.05, 0) is 71.8 Å². The van der Waals surface area contributed by atoms with E-state index in [1.807, 2.05) is 48.7 Å². The number of carbonyl (C=O) groups is 2. The molecule has 0 atom stereocenters. The molecule has 2 heterocycles. The zero-order valence-corrected chi connectivity index (χ0v) is 17.4. The largest absolute Gasteiger partial charge is 0.459 e. The van der Waals surface area contributed by atoms with Crippen molar-refractivity contribution in [2.75, 3.05) is 18.1 Å². The number of rotatable bonds is 5. The van der Waals surface area contributed by atoms with Gasteiger partial charge in [0.1, 0.15) is 0 Å². The maximum Gasteiger partial charge on any atom is 0.289 e. The Morgan fingerprint density at radius 1 is 1.10 bits per heavy atom. The van der Waals surface area contributed by atoms with E-state index in [4.69, 9.17) is 4.42 Å². The van der Waals surface area contributed by atoms with Gasteiger partial charge in [0.05, 0.1) is 6.26 Å². The van der Waals surface area contributed by atoms with Crippen LogP contribution < -0.4 is 5.32 Å². The quantitative estimate of drug-likeness (QED) is 0.475. The van der Waals surface area contributed by atoms with Gasteiger partial charge in [0.15, 0.2) is 5.76 Å². The predicted molar refractivity (Wildman–Crippen MR) is 119 cm³/mol. The molecule has 0 fully saturated rings. The van der Waals surface area contributed by atoms with Gasteiger partial charge >= 0.3 is 0 Å². The number of thioether (sulfide) groups is 1. The van der Waals surface area contributed by atoms with Crippen LogP contribution in [0.1, 0.15) is 27.2 Å². The van der Waals surface area contributed by atoms with Gasteiger partial charge in [0.2, 0.25) is 5.91 Å². The van der Waals surface area contributed by atoms with Gasteiger partial charge in [0, 0.05) is 29.7 Å². The third kappa shape index (κ3) is 4.66. The minimum absolute atomic E-state index is 0.115. The minimum atomic E-state index is -0.191. The predicted octanol–water partition coefficient (Wildman–Crippen LogP) is 4.85. The number of amides is 2. The fourth-order valence-corrected chi connectivity index (χ4v) is 3.84. The number of carbonyl (C=O) groups excluding carboxylic acids is 2. The summed E-state index contributed by atoms with van der Waals surface area (Å²) in [7, 11) is 0. The van der Waals surface area contributed by atoms with Crippen LogP contribution in [0.2, 0.25) is 0 Å². The molecule has 30 heavy (non-hydrogen) atoms. The van der Waals surface area contributed by atoms with Crippen LogP contribution in [-0.2, 0) is 17.8 Å². The summed E-state index contributed by atoms with van der Waals surface area (Å²) in [6.07, 6.45) is 7.64. The SMILES string of the molecule is CSc1ccc(C=CC(=O)Nc2ccc3c(c2)CN(C(=O)c2ccco2)CC3)cc1. The van der Waals surface area contributed by atoms with E-state index < -0.39 is 0 Å². The van der Waals surface area contributed by atoms with Crippen molar-refractivity contribution in [3.8, 4) is 0 Å². The third-order valence-electron chi connectivity index (χ3n) is 5.05. The zero-order valence-electron chi connectivity index (χ0n) is 16.6. The molecule has 0 unspecified atom stereocenters. The molecule has 0 bridgehead atoms. The molecular formula is C24H22N2O3S. The second kappa shape index (κ2) is 9.05. The molecule has 6 heteroatoms. The van der Waals surface area contributed by atoms with Crippen molar-refractivity contribution in [1.82, 2.24) is 4.90 Å². The van der Waals surface area contributed by atoms with Gasteiger partial charge in [-0.25, -0.2) is 0 Å². The summed E-state index contributed by atoms with van der Waals surface area (Å²) in [5.74, 6) is 0.0392. The summed E-state index contributed by atoms with van der Waals surface area (Å²) >= 11 is 1.68. The second-order valence-corrected chi connectivity index (χ2v) is 7.91. The summed E-state index contributed by atoms with van der Waals surface area (Å²) in [6.45, 7) is 1.15. The molecular weight excluding hydrogens is 396 g/mol. The zero-order chi connectivity index (χ0) is 20.9. The monoisotopic (exact) mass is 418 g/mol. The van der Waals surface area contributed by atoms with Gasteiger partial charge in [-0.2, -0.15) is 0 Å². The average molecular weight is 419 g/mol. The average Bonchev–Trinajstić information content (AvgIpc) is 3.32. The lowest BCUT2D eigenvalue weighted by Crippen LogP contribution is -2.35. The number of nitrogens with one attached hydrogen (secondary N) is 1. The van der Waals surface area contributed by atoms with Gasteiger partial charge in [-0.15, -0.1) is 11.8 Å². The first-order valence-corrected chi connectivity index (χ1v) is 10.9. The normalized spacial score (nSPS) is 13.3. The van der Waals surface area contributed by atoms with Crippen molar-refractivity contribution in [2.24, 2.45) is 0 Å². The molecule has 1 aliphatic heterocycles. The first-order chi connectivity index (χ1) is 14.6. The van der Waals surface area contributed by atoms with Gasteiger partial charge in [0.25, 0.3) is 5.91 Å². The molecule has 1 aromatic heterocycles. The highest BCUT2D eigenvalue weighted by atomic mass is 32.2. The molecule has 152 valence electrons. The van der Waals surface area contributed by atoms with E-state index in [9.17, 15) is 9.59 Å². The van der Waals surface area contributed by atoms with E-state index in [0.29, 0.717) is 24.5 Å². The number of furan rings is 1. The van der Waals surface area contributed by atoms with Crippen LogP contribution in [0.4, 0.5) is 5.69 Å². The molecule has 0 radical (unpaired) electrons. The Labute approximate surface area is 179 Å². The Balaban J connectivity index is 1.41. The maximum atomic E-state index is 12.5. The third-order valence-corrected chi connectivity index (χ3v) is 5.79. The van der Waals surface area contributed by atoms with Crippen molar-refractivity contribution < 1.29 is 14.0 Å². The molecule has 0 spiro atoms. The molecule has 2 amide bonds. The number of anilines is 1. The Morgan fingerprint density at radius 3 is 2.67 bits per heavy atom. The van der Waals surface area contributed by atoms with E-state index in [1.165, 1.54) is 22.8 Å². The molecule has 4 rings (SSSR count). The Morgan fingerprint density at radius 2 is 1.93 bits per heavy atom. The molecule has 0 aliphatic carbocycles. The first-order valence-electron chi connectivity index (χ1n) is 9.70. The molecule has 3 aromatic rings. The maximum absolute atomic E-state index is 12.5. The van der Waals surface area contributed by atoms with Gasteiger partial charge < -0.3 is 14.6 Å². The van der Waals surface area contributed by atoms with Crippen LogP contribution in [0.15, 0.2) is 76.2 Å². The fourth-order valence-electron chi connectivity index (χ4n) is 3.44. The van der Waals surface area contributed by atoms with Crippen LogP contribution in [0.3, 0.4) is 0 Å². The number of hydrogen-bond donors (Lipinski definition) is 1. The van der Waals surface area contributed by atoms with Crippen LogP contribution in [0.5, 0.6) is 0 Å².